The van der Waals surface area contributed by atoms with E-state index in [1.165, 1.54) is 18.2 Å². The third-order valence-corrected chi connectivity index (χ3v) is 2.21. The minimum Gasteiger partial charge on any atom is -0.349 e. The molecule has 1 aromatic rings. The Labute approximate surface area is 95.2 Å². The predicted molar refractivity (Wildman–Crippen MR) is 62.9 cm³/mol. The summed E-state index contributed by atoms with van der Waals surface area (Å²) < 4.78 is 12.8. The quantitative estimate of drug-likeness (QED) is 0.781. The van der Waals surface area contributed by atoms with Crippen LogP contribution < -0.4 is 5.32 Å². The van der Waals surface area contributed by atoms with E-state index in [1.54, 1.807) is 6.92 Å². The van der Waals surface area contributed by atoms with E-state index in [4.69, 9.17) is 0 Å². The highest BCUT2D eigenvalue weighted by atomic mass is 19.1. The zero-order valence-electron chi connectivity index (χ0n) is 9.80. The molecule has 0 saturated heterocycles. The van der Waals surface area contributed by atoms with Crippen molar-refractivity contribution in [3.63, 3.8) is 0 Å². The molecule has 0 saturated carbocycles. The van der Waals surface area contributed by atoms with Crippen LogP contribution in [0.4, 0.5) is 4.39 Å². The first-order valence-electron chi connectivity index (χ1n) is 5.18. The van der Waals surface area contributed by atoms with Gasteiger partial charge in [-0.1, -0.05) is 11.6 Å². The normalized spacial score (nSPS) is 9.75. The van der Waals surface area contributed by atoms with Crippen LogP contribution in [-0.4, -0.2) is 12.5 Å². The Hall–Kier alpha value is -1.64. The van der Waals surface area contributed by atoms with Gasteiger partial charge in [0.25, 0.3) is 5.91 Å². The van der Waals surface area contributed by atoms with Gasteiger partial charge >= 0.3 is 0 Å². The maximum Gasteiger partial charge on any atom is 0.251 e. The molecule has 0 aliphatic heterocycles. The highest BCUT2D eigenvalue weighted by Gasteiger charge is 2.07. The minimum absolute atomic E-state index is 0.171. The van der Waals surface area contributed by atoms with E-state index in [-0.39, 0.29) is 11.7 Å². The van der Waals surface area contributed by atoms with E-state index in [9.17, 15) is 9.18 Å². The predicted octanol–water partition coefficient (Wildman–Crippen LogP) is 2.83. The summed E-state index contributed by atoms with van der Waals surface area (Å²) in [5.74, 6) is -0.492. The second kappa shape index (κ2) is 5.45. The first kappa shape index (κ1) is 12.4. The SMILES string of the molecule is CC(C)=CCNC(=O)c1ccc(F)cc1C. The molecule has 0 bridgehead atoms. The molecule has 0 fully saturated rings. The number of nitrogens with one attached hydrogen (secondary N) is 1. The van der Waals surface area contributed by atoms with Crippen LogP contribution in [0.2, 0.25) is 0 Å². The summed E-state index contributed by atoms with van der Waals surface area (Å²) >= 11 is 0. The van der Waals surface area contributed by atoms with Gasteiger partial charge in [-0.2, -0.15) is 0 Å². The molecule has 0 aliphatic rings. The largest absolute Gasteiger partial charge is 0.349 e. The summed E-state index contributed by atoms with van der Waals surface area (Å²) in [6.07, 6.45) is 1.93. The fraction of sp³-hybridized carbons (Fsp3) is 0.308. The van der Waals surface area contributed by atoms with Gasteiger partial charge in [0.15, 0.2) is 0 Å². The third-order valence-electron chi connectivity index (χ3n) is 2.21. The fourth-order valence-corrected chi connectivity index (χ4v) is 1.32. The van der Waals surface area contributed by atoms with Gasteiger partial charge in [0, 0.05) is 12.1 Å². The van der Waals surface area contributed by atoms with Crippen molar-refractivity contribution in [3.8, 4) is 0 Å². The molecule has 0 aliphatic carbocycles. The van der Waals surface area contributed by atoms with Crippen molar-refractivity contribution in [2.24, 2.45) is 0 Å². The van der Waals surface area contributed by atoms with Crippen molar-refractivity contribution < 1.29 is 9.18 Å². The fourth-order valence-electron chi connectivity index (χ4n) is 1.32. The smallest absolute Gasteiger partial charge is 0.251 e. The van der Waals surface area contributed by atoms with Crippen molar-refractivity contribution >= 4 is 5.91 Å². The van der Waals surface area contributed by atoms with E-state index in [1.807, 2.05) is 19.9 Å². The van der Waals surface area contributed by atoms with Gasteiger partial charge in [0.1, 0.15) is 5.82 Å². The monoisotopic (exact) mass is 221 g/mol. The lowest BCUT2D eigenvalue weighted by Crippen LogP contribution is -2.24. The number of hydrogen-bond acceptors (Lipinski definition) is 1. The lowest BCUT2D eigenvalue weighted by molar-refractivity contribution is 0.0957. The average molecular weight is 221 g/mol. The van der Waals surface area contributed by atoms with Crippen LogP contribution in [0, 0.1) is 12.7 Å². The molecule has 1 amide bonds. The second-order valence-electron chi connectivity index (χ2n) is 3.95. The van der Waals surface area contributed by atoms with E-state index in [0.717, 1.165) is 5.57 Å². The number of allylic oxidation sites excluding steroid dienone is 1. The molecular weight excluding hydrogens is 205 g/mol. The molecule has 16 heavy (non-hydrogen) atoms. The van der Waals surface area contributed by atoms with Gasteiger partial charge in [0.05, 0.1) is 0 Å². The summed E-state index contributed by atoms with van der Waals surface area (Å²) in [6, 6.07) is 4.15. The van der Waals surface area contributed by atoms with E-state index >= 15 is 0 Å². The average Bonchev–Trinajstić information content (AvgIpc) is 2.16. The molecule has 0 aromatic heterocycles. The summed E-state index contributed by atoms with van der Waals surface area (Å²) in [6.45, 7) is 6.15. The van der Waals surface area contributed by atoms with Crippen LogP contribution in [0.3, 0.4) is 0 Å². The zero-order chi connectivity index (χ0) is 12.1. The van der Waals surface area contributed by atoms with Crippen molar-refractivity contribution in [1.82, 2.24) is 5.32 Å². The number of carbonyl (C=O) groups is 1. The van der Waals surface area contributed by atoms with E-state index in [2.05, 4.69) is 5.32 Å². The van der Waals surface area contributed by atoms with E-state index < -0.39 is 0 Å². The molecule has 2 nitrogen and oxygen atoms in total. The molecule has 3 heteroatoms. The molecule has 1 N–H and O–H groups in total. The van der Waals surface area contributed by atoms with Crippen LogP contribution in [0.5, 0.6) is 0 Å². The Bertz CT molecular complexity index is 420. The van der Waals surface area contributed by atoms with Crippen molar-refractivity contribution in [2.45, 2.75) is 20.8 Å². The number of aryl methyl sites for hydroxylation is 1. The van der Waals surface area contributed by atoms with Crippen LogP contribution in [-0.2, 0) is 0 Å². The number of hydrogen-bond donors (Lipinski definition) is 1. The standard InChI is InChI=1S/C13H16FNO/c1-9(2)6-7-15-13(16)12-5-4-11(14)8-10(12)3/h4-6,8H,7H2,1-3H3,(H,15,16). The molecule has 86 valence electrons. The molecule has 0 spiro atoms. The van der Waals surface area contributed by atoms with Crippen molar-refractivity contribution in [3.05, 3.63) is 46.8 Å². The lowest BCUT2D eigenvalue weighted by atomic mass is 10.1. The first-order chi connectivity index (χ1) is 7.50. The molecule has 0 unspecified atom stereocenters. The van der Waals surface area contributed by atoms with Gasteiger partial charge in [-0.05, 0) is 44.5 Å². The molecule has 1 rings (SSSR count). The Morgan fingerprint density at radius 3 is 2.69 bits per heavy atom. The molecular formula is C13H16FNO. The summed E-state index contributed by atoms with van der Waals surface area (Å²) in [5, 5.41) is 2.75. The van der Waals surface area contributed by atoms with Gasteiger partial charge in [0.2, 0.25) is 0 Å². The molecule has 0 radical (unpaired) electrons. The Morgan fingerprint density at radius 1 is 1.44 bits per heavy atom. The Balaban J connectivity index is 2.70. The summed E-state index contributed by atoms with van der Waals surface area (Å²) in [5.41, 5.74) is 2.31. The number of rotatable bonds is 3. The highest BCUT2D eigenvalue weighted by Crippen LogP contribution is 2.09. The van der Waals surface area contributed by atoms with Gasteiger partial charge in [-0.15, -0.1) is 0 Å². The van der Waals surface area contributed by atoms with Gasteiger partial charge < -0.3 is 5.32 Å². The van der Waals surface area contributed by atoms with Crippen LogP contribution >= 0.6 is 0 Å². The Morgan fingerprint density at radius 2 is 2.12 bits per heavy atom. The maximum absolute atomic E-state index is 12.8. The van der Waals surface area contributed by atoms with Gasteiger partial charge in [-0.3, -0.25) is 4.79 Å². The van der Waals surface area contributed by atoms with Crippen LogP contribution in [0.25, 0.3) is 0 Å². The molecule has 1 aromatic carbocycles. The third kappa shape index (κ3) is 3.50. The first-order valence-corrected chi connectivity index (χ1v) is 5.18. The van der Waals surface area contributed by atoms with Gasteiger partial charge in [-0.25, -0.2) is 4.39 Å². The molecule has 0 atom stereocenters. The second-order valence-corrected chi connectivity index (χ2v) is 3.95. The summed E-state index contributed by atoms with van der Waals surface area (Å²) in [7, 11) is 0. The summed E-state index contributed by atoms with van der Waals surface area (Å²) in [4.78, 5) is 11.7. The van der Waals surface area contributed by atoms with Crippen LogP contribution in [0.15, 0.2) is 29.8 Å². The minimum atomic E-state index is -0.321. The van der Waals surface area contributed by atoms with E-state index in [0.29, 0.717) is 17.7 Å². The van der Waals surface area contributed by atoms with Crippen LogP contribution in [0.1, 0.15) is 29.8 Å². The number of carbonyl (C=O) groups excluding carboxylic acids is 1. The lowest BCUT2D eigenvalue weighted by Gasteiger charge is -2.06. The van der Waals surface area contributed by atoms with Crippen molar-refractivity contribution in [1.29, 1.82) is 0 Å². The number of amides is 1. The Kier molecular flexibility index (Phi) is 4.23. The zero-order valence-corrected chi connectivity index (χ0v) is 9.80. The molecule has 0 heterocycles. The highest BCUT2D eigenvalue weighted by molar-refractivity contribution is 5.95. The maximum atomic E-state index is 12.8. The number of halogens is 1. The number of benzene rings is 1. The topological polar surface area (TPSA) is 29.1 Å². The van der Waals surface area contributed by atoms with Crippen molar-refractivity contribution in [2.75, 3.05) is 6.54 Å².